The van der Waals surface area contributed by atoms with Gasteiger partial charge >= 0.3 is 0 Å². The number of ether oxygens (including phenoxy) is 2. The molecule has 1 N–H and O–H groups in total. The predicted octanol–water partition coefficient (Wildman–Crippen LogP) is 5.12. The highest BCUT2D eigenvalue weighted by Gasteiger charge is 2.39. The van der Waals surface area contributed by atoms with Crippen LogP contribution >= 0.6 is 0 Å². The quantitative estimate of drug-likeness (QED) is 0.367. The number of carbonyl (C=O) groups excluding carboxylic acids is 2. The Labute approximate surface area is 203 Å². The number of rotatable bonds is 8. The van der Waals surface area contributed by atoms with Crippen LogP contribution in [0.5, 0.6) is 11.5 Å². The van der Waals surface area contributed by atoms with E-state index in [9.17, 15) is 9.59 Å². The molecule has 0 aliphatic carbocycles. The third-order valence-corrected chi connectivity index (χ3v) is 5.92. The van der Waals surface area contributed by atoms with Gasteiger partial charge in [0.25, 0.3) is 11.8 Å². The number of nitrogens with one attached hydrogen (secondary N) is 1. The Morgan fingerprint density at radius 2 is 1.43 bits per heavy atom. The minimum absolute atomic E-state index is 0.126. The highest BCUT2D eigenvalue weighted by molar-refractivity contribution is 6.36. The van der Waals surface area contributed by atoms with Crippen LogP contribution < -0.4 is 14.8 Å². The molecule has 1 aliphatic heterocycles. The summed E-state index contributed by atoms with van der Waals surface area (Å²) in [6.45, 7) is 0.300. The van der Waals surface area contributed by atoms with Crippen molar-refractivity contribution in [3.05, 3.63) is 108 Å². The maximum atomic E-state index is 13.5. The molecule has 0 aromatic heterocycles. The second-order valence-electron chi connectivity index (χ2n) is 8.05. The van der Waals surface area contributed by atoms with Gasteiger partial charge < -0.3 is 14.8 Å². The van der Waals surface area contributed by atoms with E-state index < -0.39 is 0 Å². The van der Waals surface area contributed by atoms with Gasteiger partial charge in [0.1, 0.15) is 23.8 Å². The van der Waals surface area contributed by atoms with Crippen molar-refractivity contribution in [2.75, 3.05) is 25.6 Å². The molecule has 0 fully saturated rings. The van der Waals surface area contributed by atoms with E-state index >= 15 is 0 Å². The van der Waals surface area contributed by atoms with Gasteiger partial charge in [0.05, 0.1) is 19.2 Å². The van der Waals surface area contributed by atoms with Crippen molar-refractivity contribution >= 4 is 33.8 Å². The molecule has 0 atom stereocenters. The van der Waals surface area contributed by atoms with Crippen LogP contribution in [-0.2, 0) is 9.59 Å². The molecule has 0 saturated carbocycles. The number of hydrogen-bond acceptors (Lipinski definition) is 5. The fourth-order valence-corrected chi connectivity index (χ4v) is 4.16. The minimum Gasteiger partial charge on any atom is -0.497 e. The van der Waals surface area contributed by atoms with Gasteiger partial charge in [-0.3, -0.25) is 14.5 Å². The van der Waals surface area contributed by atoms with Gasteiger partial charge in [-0.05, 0) is 41.3 Å². The van der Waals surface area contributed by atoms with Crippen molar-refractivity contribution < 1.29 is 19.1 Å². The van der Waals surface area contributed by atoms with Crippen molar-refractivity contribution in [3.8, 4) is 11.5 Å². The fraction of sp³-hybridized carbons (Fsp3) is 0.103. The number of fused-ring (bicyclic) bond motifs is 1. The van der Waals surface area contributed by atoms with Crippen molar-refractivity contribution in [3.63, 3.8) is 0 Å². The SMILES string of the molecule is COc1ccc(OCCN2C(=O)C(Nc3cccc4ccccc34)=C(c3ccccc3)C2=O)cc1. The zero-order chi connectivity index (χ0) is 24.2. The summed E-state index contributed by atoms with van der Waals surface area (Å²) >= 11 is 0. The van der Waals surface area contributed by atoms with Crippen molar-refractivity contribution in [1.29, 1.82) is 0 Å². The molecule has 2 amide bonds. The molecule has 6 nitrogen and oxygen atoms in total. The largest absolute Gasteiger partial charge is 0.497 e. The Hall–Kier alpha value is -4.58. The average Bonchev–Trinajstić information content (AvgIpc) is 3.14. The maximum Gasteiger partial charge on any atom is 0.278 e. The van der Waals surface area contributed by atoms with Gasteiger partial charge in [-0.2, -0.15) is 0 Å². The lowest BCUT2D eigenvalue weighted by atomic mass is 10.0. The summed E-state index contributed by atoms with van der Waals surface area (Å²) in [6.07, 6.45) is 0. The van der Waals surface area contributed by atoms with Crippen LogP contribution in [0, 0.1) is 0 Å². The van der Waals surface area contributed by atoms with Gasteiger partial charge in [0, 0.05) is 11.1 Å². The van der Waals surface area contributed by atoms with E-state index in [1.165, 1.54) is 4.90 Å². The Morgan fingerprint density at radius 1 is 0.743 bits per heavy atom. The van der Waals surface area contributed by atoms with Crippen molar-refractivity contribution in [2.24, 2.45) is 0 Å². The molecule has 0 unspecified atom stereocenters. The van der Waals surface area contributed by atoms with E-state index in [-0.39, 0.29) is 30.7 Å². The van der Waals surface area contributed by atoms with Crippen LogP contribution in [0.25, 0.3) is 16.3 Å². The molecular formula is C29H24N2O4. The van der Waals surface area contributed by atoms with E-state index in [4.69, 9.17) is 9.47 Å². The van der Waals surface area contributed by atoms with E-state index in [1.807, 2.05) is 72.8 Å². The van der Waals surface area contributed by atoms with Gasteiger partial charge in [0.15, 0.2) is 0 Å². The molecule has 4 aromatic carbocycles. The van der Waals surface area contributed by atoms with E-state index in [0.717, 1.165) is 22.2 Å². The summed E-state index contributed by atoms with van der Waals surface area (Å²) in [5, 5.41) is 5.29. The van der Waals surface area contributed by atoms with E-state index in [0.29, 0.717) is 16.9 Å². The van der Waals surface area contributed by atoms with E-state index in [1.54, 1.807) is 31.4 Å². The standard InChI is InChI=1S/C29H24N2O4/c1-34-22-14-16-23(17-15-22)35-19-18-31-28(32)26(21-9-3-2-4-10-21)27(29(31)33)30-25-13-7-11-20-8-5-6-12-24(20)25/h2-17,30H,18-19H2,1H3. The molecule has 0 saturated heterocycles. The lowest BCUT2D eigenvalue weighted by Crippen LogP contribution is -2.36. The molecule has 4 aromatic rings. The summed E-state index contributed by atoms with van der Waals surface area (Å²) < 4.78 is 10.9. The van der Waals surface area contributed by atoms with Gasteiger partial charge in [-0.25, -0.2) is 0 Å². The Balaban J connectivity index is 1.42. The molecule has 0 radical (unpaired) electrons. The summed E-state index contributed by atoms with van der Waals surface area (Å²) in [5.41, 5.74) is 2.08. The maximum absolute atomic E-state index is 13.5. The summed E-state index contributed by atoms with van der Waals surface area (Å²) in [5.74, 6) is 0.640. The normalized spacial score (nSPS) is 13.5. The first-order chi connectivity index (χ1) is 17.2. The first-order valence-electron chi connectivity index (χ1n) is 11.3. The summed E-state index contributed by atoms with van der Waals surface area (Å²) in [6, 6.07) is 30.2. The number of nitrogens with zero attached hydrogens (tertiary/aromatic N) is 1. The molecule has 0 spiro atoms. The van der Waals surface area contributed by atoms with Gasteiger partial charge in [-0.1, -0.05) is 66.7 Å². The number of anilines is 1. The van der Waals surface area contributed by atoms with Crippen LogP contribution in [0.1, 0.15) is 5.56 Å². The Kier molecular flexibility index (Phi) is 6.18. The number of amides is 2. The summed E-state index contributed by atoms with van der Waals surface area (Å²) in [4.78, 5) is 28.2. The van der Waals surface area contributed by atoms with E-state index in [2.05, 4.69) is 5.32 Å². The van der Waals surface area contributed by atoms with Crippen LogP contribution in [0.2, 0.25) is 0 Å². The number of carbonyl (C=O) groups is 2. The van der Waals surface area contributed by atoms with Crippen LogP contribution in [0.15, 0.2) is 103 Å². The Morgan fingerprint density at radius 3 is 2.20 bits per heavy atom. The van der Waals surface area contributed by atoms with Crippen LogP contribution in [0.4, 0.5) is 5.69 Å². The predicted molar refractivity (Wildman–Crippen MR) is 136 cm³/mol. The monoisotopic (exact) mass is 464 g/mol. The van der Waals surface area contributed by atoms with Gasteiger partial charge in [0.2, 0.25) is 0 Å². The fourth-order valence-electron chi connectivity index (χ4n) is 4.16. The number of hydrogen-bond donors (Lipinski definition) is 1. The number of imide groups is 1. The molecule has 1 aliphatic rings. The zero-order valence-corrected chi connectivity index (χ0v) is 19.2. The van der Waals surface area contributed by atoms with Crippen LogP contribution in [0.3, 0.4) is 0 Å². The molecule has 35 heavy (non-hydrogen) atoms. The first kappa shape index (κ1) is 22.2. The molecule has 1 heterocycles. The molecule has 174 valence electrons. The third kappa shape index (κ3) is 4.46. The minimum atomic E-state index is -0.375. The number of benzene rings is 4. The average molecular weight is 465 g/mol. The second kappa shape index (κ2) is 9.73. The van der Waals surface area contributed by atoms with Crippen molar-refractivity contribution in [2.45, 2.75) is 0 Å². The zero-order valence-electron chi connectivity index (χ0n) is 19.2. The highest BCUT2D eigenvalue weighted by atomic mass is 16.5. The molecule has 5 rings (SSSR count). The third-order valence-electron chi connectivity index (χ3n) is 5.92. The lowest BCUT2D eigenvalue weighted by Gasteiger charge is -2.16. The second-order valence-corrected chi connectivity index (χ2v) is 8.05. The van der Waals surface area contributed by atoms with Gasteiger partial charge in [-0.15, -0.1) is 0 Å². The van der Waals surface area contributed by atoms with Crippen molar-refractivity contribution in [1.82, 2.24) is 4.90 Å². The molecule has 0 bridgehead atoms. The topological polar surface area (TPSA) is 67.9 Å². The highest BCUT2D eigenvalue weighted by Crippen LogP contribution is 2.32. The number of methoxy groups -OCH3 is 1. The molecular weight excluding hydrogens is 440 g/mol. The summed E-state index contributed by atoms with van der Waals surface area (Å²) in [7, 11) is 1.60. The van der Waals surface area contributed by atoms with Crippen LogP contribution in [-0.4, -0.2) is 37.0 Å². The lowest BCUT2D eigenvalue weighted by molar-refractivity contribution is -0.137. The first-order valence-corrected chi connectivity index (χ1v) is 11.3. The molecule has 6 heteroatoms. The Bertz CT molecular complexity index is 1410. The smallest absolute Gasteiger partial charge is 0.278 e.